The molecule has 0 unspecified atom stereocenters. The average Bonchev–Trinajstić information content (AvgIpc) is 2.60. The summed E-state index contributed by atoms with van der Waals surface area (Å²) in [6.07, 6.45) is 1.73. The van der Waals surface area contributed by atoms with Crippen LogP contribution in [0.1, 0.15) is 30.5 Å². The summed E-state index contributed by atoms with van der Waals surface area (Å²) in [5.74, 6) is 1.90. The molecule has 0 saturated heterocycles. The lowest BCUT2D eigenvalue weighted by Crippen LogP contribution is -2.07. The van der Waals surface area contributed by atoms with Gasteiger partial charge in [0.2, 0.25) is 0 Å². The smallest absolute Gasteiger partial charge is 0.130 e. The molecule has 0 fully saturated rings. The first kappa shape index (κ1) is 18.5. The Morgan fingerprint density at radius 2 is 1.96 bits per heavy atom. The van der Waals surface area contributed by atoms with Gasteiger partial charge in [-0.15, -0.1) is 0 Å². The Bertz CT molecular complexity index is 752. The SMILES string of the molecule is C=C(Nc1ccc(C(=C)OC)cn1)c1cc(CO)cc(OC(C)C)c1. The van der Waals surface area contributed by atoms with Crippen LogP contribution in [0.3, 0.4) is 0 Å². The Hall–Kier alpha value is -2.79. The van der Waals surface area contributed by atoms with E-state index in [1.54, 1.807) is 13.3 Å². The first-order valence-corrected chi connectivity index (χ1v) is 8.00. The lowest BCUT2D eigenvalue weighted by atomic mass is 10.1. The maximum Gasteiger partial charge on any atom is 0.130 e. The summed E-state index contributed by atoms with van der Waals surface area (Å²) in [5.41, 5.74) is 3.06. The van der Waals surface area contributed by atoms with Gasteiger partial charge in [0.1, 0.15) is 17.3 Å². The van der Waals surface area contributed by atoms with Crippen molar-refractivity contribution in [1.82, 2.24) is 4.98 Å². The van der Waals surface area contributed by atoms with E-state index in [4.69, 9.17) is 9.47 Å². The third-order valence-electron chi connectivity index (χ3n) is 3.48. The van der Waals surface area contributed by atoms with Crippen LogP contribution in [0.5, 0.6) is 5.75 Å². The number of hydrogen-bond donors (Lipinski definition) is 2. The van der Waals surface area contributed by atoms with E-state index >= 15 is 0 Å². The normalized spacial score (nSPS) is 10.4. The fraction of sp³-hybridized carbons (Fsp3) is 0.250. The Morgan fingerprint density at radius 3 is 2.52 bits per heavy atom. The highest BCUT2D eigenvalue weighted by molar-refractivity contribution is 5.75. The molecule has 0 radical (unpaired) electrons. The second-order valence-corrected chi connectivity index (χ2v) is 5.85. The molecule has 0 spiro atoms. The van der Waals surface area contributed by atoms with Crippen molar-refractivity contribution in [3.63, 3.8) is 0 Å². The van der Waals surface area contributed by atoms with Gasteiger partial charge in [-0.2, -0.15) is 0 Å². The number of nitrogens with one attached hydrogen (secondary N) is 1. The predicted molar refractivity (Wildman–Crippen MR) is 101 cm³/mol. The lowest BCUT2D eigenvalue weighted by molar-refractivity contribution is 0.240. The number of benzene rings is 1. The predicted octanol–water partition coefficient (Wildman–Crippen LogP) is 4.06. The van der Waals surface area contributed by atoms with E-state index in [1.807, 2.05) is 44.2 Å². The van der Waals surface area contributed by atoms with Gasteiger partial charge >= 0.3 is 0 Å². The molecule has 2 N–H and O–H groups in total. The molecule has 1 aromatic carbocycles. The van der Waals surface area contributed by atoms with Gasteiger partial charge in [-0.25, -0.2) is 4.98 Å². The first-order chi connectivity index (χ1) is 11.9. The van der Waals surface area contributed by atoms with Gasteiger partial charge in [0.05, 0.1) is 19.8 Å². The van der Waals surface area contributed by atoms with Gasteiger partial charge in [-0.3, -0.25) is 0 Å². The summed E-state index contributed by atoms with van der Waals surface area (Å²) in [5, 5.41) is 12.6. The molecule has 0 amide bonds. The number of aliphatic hydroxyl groups excluding tert-OH is 1. The molecule has 0 saturated carbocycles. The van der Waals surface area contributed by atoms with Crippen molar-refractivity contribution in [2.75, 3.05) is 12.4 Å². The molecule has 0 aliphatic heterocycles. The second kappa shape index (κ2) is 8.35. The van der Waals surface area contributed by atoms with Crippen LogP contribution in [0.25, 0.3) is 11.5 Å². The number of aromatic nitrogens is 1. The topological polar surface area (TPSA) is 63.6 Å². The van der Waals surface area contributed by atoms with Gasteiger partial charge in [-0.1, -0.05) is 13.2 Å². The third kappa shape index (κ3) is 5.09. The van der Waals surface area contributed by atoms with Crippen molar-refractivity contribution in [2.45, 2.75) is 26.6 Å². The van der Waals surface area contributed by atoms with Crippen molar-refractivity contribution >= 4 is 17.3 Å². The Balaban J connectivity index is 2.18. The standard InChI is InChI=1S/C20H24N2O3/c1-13(2)25-19-9-16(12-23)8-18(10-19)14(3)22-20-7-6-17(11-21-20)15(4)24-5/h6-11,13,23H,3-4,12H2,1-2,5H3,(H,21,22). The summed E-state index contributed by atoms with van der Waals surface area (Å²) in [6.45, 7) is 11.7. The molecule has 0 bridgehead atoms. The van der Waals surface area contributed by atoms with Crippen molar-refractivity contribution in [3.05, 3.63) is 66.4 Å². The number of rotatable bonds is 8. The number of pyridine rings is 1. The van der Waals surface area contributed by atoms with E-state index in [9.17, 15) is 5.11 Å². The van der Waals surface area contributed by atoms with Gasteiger partial charge in [0.25, 0.3) is 0 Å². The molecular weight excluding hydrogens is 316 g/mol. The molecule has 132 valence electrons. The van der Waals surface area contributed by atoms with Crippen LogP contribution < -0.4 is 10.1 Å². The number of methoxy groups -OCH3 is 1. The van der Waals surface area contributed by atoms with Crippen LogP contribution in [0, 0.1) is 0 Å². The molecule has 2 rings (SSSR count). The third-order valence-corrected chi connectivity index (χ3v) is 3.48. The molecular formula is C20H24N2O3. The lowest BCUT2D eigenvalue weighted by Gasteiger charge is -2.15. The Labute approximate surface area is 148 Å². The summed E-state index contributed by atoms with van der Waals surface area (Å²) < 4.78 is 10.8. The first-order valence-electron chi connectivity index (χ1n) is 8.00. The van der Waals surface area contributed by atoms with E-state index in [2.05, 4.69) is 23.5 Å². The van der Waals surface area contributed by atoms with Gasteiger partial charge in [0.15, 0.2) is 0 Å². The fourth-order valence-electron chi connectivity index (χ4n) is 2.24. The fourth-order valence-corrected chi connectivity index (χ4v) is 2.24. The number of nitrogens with zero attached hydrogens (tertiary/aromatic N) is 1. The summed E-state index contributed by atoms with van der Waals surface area (Å²) in [6, 6.07) is 9.26. The quantitative estimate of drug-likeness (QED) is 0.710. The minimum absolute atomic E-state index is 0.0473. The summed E-state index contributed by atoms with van der Waals surface area (Å²) in [7, 11) is 1.57. The zero-order chi connectivity index (χ0) is 18.4. The highest BCUT2D eigenvalue weighted by Gasteiger charge is 2.08. The largest absolute Gasteiger partial charge is 0.497 e. The average molecular weight is 340 g/mol. The van der Waals surface area contributed by atoms with E-state index in [0.717, 1.165) is 16.7 Å². The van der Waals surface area contributed by atoms with Crippen LogP contribution in [-0.2, 0) is 11.3 Å². The van der Waals surface area contributed by atoms with Crippen LogP contribution in [0.2, 0.25) is 0 Å². The minimum Gasteiger partial charge on any atom is -0.497 e. The second-order valence-electron chi connectivity index (χ2n) is 5.85. The molecule has 2 aromatic rings. The highest BCUT2D eigenvalue weighted by atomic mass is 16.5. The molecule has 1 aromatic heterocycles. The maximum atomic E-state index is 9.46. The molecule has 25 heavy (non-hydrogen) atoms. The van der Waals surface area contributed by atoms with E-state index in [1.165, 1.54) is 0 Å². The number of aliphatic hydroxyl groups is 1. The molecule has 0 aliphatic carbocycles. The molecule has 5 heteroatoms. The Morgan fingerprint density at radius 1 is 1.20 bits per heavy atom. The highest BCUT2D eigenvalue weighted by Crippen LogP contribution is 2.24. The van der Waals surface area contributed by atoms with Gasteiger partial charge < -0.3 is 19.9 Å². The van der Waals surface area contributed by atoms with E-state index in [0.29, 0.717) is 23.0 Å². The van der Waals surface area contributed by atoms with Gasteiger partial charge in [-0.05, 0) is 49.7 Å². The number of ether oxygens (including phenoxy) is 2. The summed E-state index contributed by atoms with van der Waals surface area (Å²) in [4.78, 5) is 4.33. The molecule has 0 aliphatic rings. The Kier molecular flexibility index (Phi) is 6.19. The monoisotopic (exact) mass is 340 g/mol. The minimum atomic E-state index is -0.0678. The van der Waals surface area contributed by atoms with E-state index < -0.39 is 0 Å². The maximum absolute atomic E-state index is 9.46. The van der Waals surface area contributed by atoms with E-state index in [-0.39, 0.29) is 12.7 Å². The molecule has 5 nitrogen and oxygen atoms in total. The van der Waals surface area contributed by atoms with Gasteiger partial charge in [0, 0.05) is 23.0 Å². The van der Waals surface area contributed by atoms with Crippen LogP contribution in [0.4, 0.5) is 5.82 Å². The van der Waals surface area contributed by atoms with Crippen molar-refractivity contribution in [3.8, 4) is 5.75 Å². The number of hydrogen-bond acceptors (Lipinski definition) is 5. The zero-order valence-electron chi connectivity index (χ0n) is 14.9. The van der Waals surface area contributed by atoms with Crippen molar-refractivity contribution < 1.29 is 14.6 Å². The molecule has 0 atom stereocenters. The molecule has 1 heterocycles. The van der Waals surface area contributed by atoms with Crippen molar-refractivity contribution in [1.29, 1.82) is 0 Å². The zero-order valence-corrected chi connectivity index (χ0v) is 14.9. The number of anilines is 1. The van der Waals surface area contributed by atoms with Crippen LogP contribution >= 0.6 is 0 Å². The summed E-state index contributed by atoms with van der Waals surface area (Å²) >= 11 is 0. The van der Waals surface area contributed by atoms with Crippen LogP contribution in [-0.4, -0.2) is 23.3 Å². The van der Waals surface area contributed by atoms with Crippen LogP contribution in [0.15, 0.2) is 49.7 Å². The van der Waals surface area contributed by atoms with Crippen molar-refractivity contribution in [2.24, 2.45) is 0 Å².